The summed E-state index contributed by atoms with van der Waals surface area (Å²) in [7, 11) is 0. The Bertz CT molecular complexity index is 653. The quantitative estimate of drug-likeness (QED) is 0.901. The molecule has 3 rings (SSSR count). The van der Waals surface area contributed by atoms with E-state index in [0.29, 0.717) is 16.6 Å². The molecule has 0 amide bonds. The third-order valence-corrected chi connectivity index (χ3v) is 4.92. The minimum atomic E-state index is -0.720. The highest BCUT2D eigenvalue weighted by atomic mass is 35.5. The van der Waals surface area contributed by atoms with Crippen molar-refractivity contribution in [2.24, 2.45) is 5.73 Å². The monoisotopic (exact) mass is 321 g/mol. The lowest BCUT2D eigenvalue weighted by atomic mass is 9.74. The Morgan fingerprint density at radius 1 is 1.14 bits per heavy atom. The summed E-state index contributed by atoms with van der Waals surface area (Å²) in [6.45, 7) is 0.384. The van der Waals surface area contributed by atoms with Crippen molar-refractivity contribution >= 4 is 23.2 Å². The van der Waals surface area contributed by atoms with E-state index in [1.165, 1.54) is 5.56 Å². The standard InChI is InChI=1S/C17H17Cl2NO/c18-13-7-12(8-14(19)9-13)16(21)17(10-20)6-5-11-3-1-2-4-15(11)17/h1-4,7-9,16,21H,5-6,10,20H2. The second-order valence-corrected chi connectivity index (χ2v) is 6.50. The van der Waals surface area contributed by atoms with E-state index in [-0.39, 0.29) is 0 Å². The number of hydrogen-bond donors (Lipinski definition) is 2. The van der Waals surface area contributed by atoms with Crippen molar-refractivity contribution in [2.45, 2.75) is 24.4 Å². The largest absolute Gasteiger partial charge is 0.387 e. The highest BCUT2D eigenvalue weighted by Gasteiger charge is 2.44. The molecule has 0 aliphatic heterocycles. The third kappa shape index (κ3) is 2.47. The van der Waals surface area contributed by atoms with Crippen molar-refractivity contribution in [3.05, 3.63) is 69.2 Å². The Morgan fingerprint density at radius 3 is 2.48 bits per heavy atom. The van der Waals surface area contributed by atoms with Gasteiger partial charge >= 0.3 is 0 Å². The Balaban J connectivity index is 2.08. The number of rotatable bonds is 3. The molecular formula is C17H17Cl2NO. The van der Waals surface area contributed by atoms with Crippen LogP contribution >= 0.6 is 23.2 Å². The molecule has 0 saturated heterocycles. The van der Waals surface area contributed by atoms with Gasteiger partial charge in [-0.05, 0) is 47.7 Å². The van der Waals surface area contributed by atoms with Crippen molar-refractivity contribution in [1.29, 1.82) is 0 Å². The summed E-state index contributed by atoms with van der Waals surface area (Å²) < 4.78 is 0. The van der Waals surface area contributed by atoms with Crippen LogP contribution in [-0.4, -0.2) is 11.7 Å². The number of halogens is 2. The predicted molar refractivity (Wildman–Crippen MR) is 86.9 cm³/mol. The number of aliphatic hydroxyl groups excluding tert-OH is 1. The molecule has 0 spiro atoms. The lowest BCUT2D eigenvalue weighted by molar-refractivity contribution is 0.0841. The molecule has 0 saturated carbocycles. The first kappa shape index (κ1) is 14.9. The van der Waals surface area contributed by atoms with Crippen LogP contribution in [0, 0.1) is 0 Å². The van der Waals surface area contributed by atoms with Gasteiger partial charge < -0.3 is 10.8 Å². The topological polar surface area (TPSA) is 46.2 Å². The summed E-state index contributed by atoms with van der Waals surface area (Å²) in [4.78, 5) is 0. The van der Waals surface area contributed by atoms with Crippen LogP contribution in [0.1, 0.15) is 29.2 Å². The molecular weight excluding hydrogens is 305 g/mol. The van der Waals surface area contributed by atoms with E-state index in [0.717, 1.165) is 24.0 Å². The van der Waals surface area contributed by atoms with Crippen molar-refractivity contribution in [1.82, 2.24) is 0 Å². The number of nitrogens with two attached hydrogens (primary N) is 1. The van der Waals surface area contributed by atoms with Crippen LogP contribution in [0.25, 0.3) is 0 Å². The molecule has 2 nitrogen and oxygen atoms in total. The van der Waals surface area contributed by atoms with Gasteiger partial charge in [0.1, 0.15) is 0 Å². The van der Waals surface area contributed by atoms with E-state index in [4.69, 9.17) is 28.9 Å². The van der Waals surface area contributed by atoms with Crippen molar-refractivity contribution in [2.75, 3.05) is 6.54 Å². The van der Waals surface area contributed by atoms with Gasteiger partial charge in [0.25, 0.3) is 0 Å². The van der Waals surface area contributed by atoms with E-state index >= 15 is 0 Å². The molecule has 3 N–H and O–H groups in total. The maximum Gasteiger partial charge on any atom is 0.0900 e. The minimum Gasteiger partial charge on any atom is -0.387 e. The molecule has 0 aromatic heterocycles. The normalized spacial score (nSPS) is 22.1. The predicted octanol–water partition coefficient (Wildman–Crippen LogP) is 3.87. The fourth-order valence-electron chi connectivity index (χ4n) is 3.38. The second kappa shape index (κ2) is 5.62. The maximum atomic E-state index is 11.0. The van der Waals surface area contributed by atoms with E-state index in [9.17, 15) is 5.11 Å². The fourth-order valence-corrected chi connectivity index (χ4v) is 3.92. The lowest BCUT2D eigenvalue weighted by Gasteiger charge is -2.34. The second-order valence-electron chi connectivity index (χ2n) is 5.62. The van der Waals surface area contributed by atoms with Gasteiger partial charge in [0, 0.05) is 22.0 Å². The average Bonchev–Trinajstić information content (AvgIpc) is 2.85. The maximum absolute atomic E-state index is 11.0. The Labute approximate surface area is 134 Å². The zero-order valence-corrected chi connectivity index (χ0v) is 13.0. The van der Waals surface area contributed by atoms with Crippen molar-refractivity contribution < 1.29 is 5.11 Å². The molecule has 0 radical (unpaired) electrons. The first-order valence-electron chi connectivity index (χ1n) is 6.99. The van der Waals surface area contributed by atoms with Gasteiger partial charge in [-0.1, -0.05) is 47.5 Å². The highest BCUT2D eigenvalue weighted by molar-refractivity contribution is 6.34. The molecule has 1 aliphatic carbocycles. The Kier molecular flexibility index (Phi) is 3.98. The van der Waals surface area contributed by atoms with Gasteiger partial charge in [-0.3, -0.25) is 0 Å². The van der Waals surface area contributed by atoms with E-state index < -0.39 is 11.5 Å². The van der Waals surface area contributed by atoms with Gasteiger partial charge in [0.2, 0.25) is 0 Å². The molecule has 2 unspecified atom stereocenters. The molecule has 1 aliphatic rings. The molecule has 21 heavy (non-hydrogen) atoms. The first-order valence-corrected chi connectivity index (χ1v) is 7.75. The zero-order chi connectivity index (χ0) is 15.0. The summed E-state index contributed by atoms with van der Waals surface area (Å²) >= 11 is 12.1. The van der Waals surface area contributed by atoms with Crippen LogP contribution in [0.5, 0.6) is 0 Å². The Morgan fingerprint density at radius 2 is 1.81 bits per heavy atom. The van der Waals surface area contributed by atoms with E-state index in [1.54, 1.807) is 18.2 Å². The summed E-state index contributed by atoms with van der Waals surface area (Å²) in [5, 5.41) is 12.0. The summed E-state index contributed by atoms with van der Waals surface area (Å²) in [5.74, 6) is 0. The van der Waals surface area contributed by atoms with Crippen LogP contribution < -0.4 is 5.73 Å². The molecule has 110 valence electrons. The molecule has 2 atom stereocenters. The fraction of sp³-hybridized carbons (Fsp3) is 0.294. The summed E-state index contributed by atoms with van der Waals surface area (Å²) in [5.41, 5.74) is 8.72. The summed E-state index contributed by atoms with van der Waals surface area (Å²) in [6.07, 6.45) is 1.04. The molecule has 4 heteroatoms. The number of aryl methyl sites for hydroxylation is 1. The average molecular weight is 322 g/mol. The van der Waals surface area contributed by atoms with Gasteiger partial charge in [-0.2, -0.15) is 0 Å². The van der Waals surface area contributed by atoms with Gasteiger partial charge in [0.05, 0.1) is 6.10 Å². The van der Waals surface area contributed by atoms with Crippen LogP contribution in [0.4, 0.5) is 0 Å². The minimum absolute atomic E-state index is 0.384. The SMILES string of the molecule is NCC1(C(O)c2cc(Cl)cc(Cl)c2)CCc2ccccc21. The molecule has 0 fully saturated rings. The van der Waals surface area contributed by atoms with Crippen molar-refractivity contribution in [3.63, 3.8) is 0 Å². The molecule has 0 heterocycles. The van der Waals surface area contributed by atoms with Gasteiger partial charge in [-0.25, -0.2) is 0 Å². The molecule has 2 aromatic carbocycles. The number of fused-ring (bicyclic) bond motifs is 1. The van der Waals surface area contributed by atoms with Crippen LogP contribution in [0.3, 0.4) is 0 Å². The van der Waals surface area contributed by atoms with Gasteiger partial charge in [-0.15, -0.1) is 0 Å². The Hall–Kier alpha value is -1.06. The summed E-state index contributed by atoms with van der Waals surface area (Å²) in [6, 6.07) is 13.4. The number of aliphatic hydroxyl groups is 1. The third-order valence-electron chi connectivity index (χ3n) is 4.48. The smallest absolute Gasteiger partial charge is 0.0900 e. The molecule has 2 aromatic rings. The van der Waals surface area contributed by atoms with Gasteiger partial charge in [0.15, 0.2) is 0 Å². The first-order chi connectivity index (χ1) is 10.1. The molecule has 0 bridgehead atoms. The van der Waals surface area contributed by atoms with Crippen LogP contribution in [0.15, 0.2) is 42.5 Å². The van der Waals surface area contributed by atoms with Crippen LogP contribution in [0.2, 0.25) is 10.0 Å². The van der Waals surface area contributed by atoms with E-state index in [1.807, 2.05) is 12.1 Å². The zero-order valence-electron chi connectivity index (χ0n) is 11.5. The highest BCUT2D eigenvalue weighted by Crippen LogP contribution is 2.47. The van der Waals surface area contributed by atoms with Crippen LogP contribution in [-0.2, 0) is 11.8 Å². The van der Waals surface area contributed by atoms with E-state index in [2.05, 4.69) is 12.1 Å². The number of hydrogen-bond acceptors (Lipinski definition) is 2. The lowest BCUT2D eigenvalue weighted by Crippen LogP contribution is -2.39. The number of benzene rings is 2. The van der Waals surface area contributed by atoms with Crippen molar-refractivity contribution in [3.8, 4) is 0 Å².